The first-order chi connectivity index (χ1) is 18.3. The Bertz CT molecular complexity index is 886. The second-order valence-corrected chi connectivity index (χ2v) is 10.6. The molecule has 214 valence electrons. The van der Waals surface area contributed by atoms with Crippen molar-refractivity contribution >= 4 is 0 Å². The fraction of sp³-hybridized carbons (Fsp3) is 0.769. The van der Waals surface area contributed by atoms with Gasteiger partial charge in [0.1, 0.15) is 48.8 Å². The summed E-state index contributed by atoms with van der Waals surface area (Å²) < 4.78 is 29.5. The lowest BCUT2D eigenvalue weighted by molar-refractivity contribution is -0.366. The molecule has 0 amide bonds. The van der Waals surface area contributed by atoms with Gasteiger partial charge < -0.3 is 59.4 Å². The van der Waals surface area contributed by atoms with Crippen molar-refractivity contribution in [1.29, 1.82) is 0 Å². The third kappa shape index (κ3) is 5.51. The maximum Gasteiger partial charge on any atom is 0.187 e. The monoisotopic (exact) mass is 542 g/mol. The van der Waals surface area contributed by atoms with Crippen molar-refractivity contribution in [3.8, 4) is 0 Å². The van der Waals surface area contributed by atoms with Gasteiger partial charge in [-0.3, -0.25) is 0 Å². The van der Waals surface area contributed by atoms with E-state index in [1.165, 1.54) is 0 Å². The van der Waals surface area contributed by atoms with E-state index >= 15 is 0 Å². The van der Waals surface area contributed by atoms with Crippen LogP contribution in [0, 0.1) is 5.92 Å². The lowest BCUT2D eigenvalue weighted by Gasteiger charge is -2.47. The Balaban J connectivity index is 1.28. The summed E-state index contributed by atoms with van der Waals surface area (Å²) in [6, 6.07) is 9.82. The van der Waals surface area contributed by atoms with Gasteiger partial charge in [-0.25, -0.2) is 0 Å². The third-order valence-electron chi connectivity index (χ3n) is 8.21. The van der Waals surface area contributed by atoms with Gasteiger partial charge in [0.15, 0.2) is 12.6 Å². The van der Waals surface area contributed by atoms with Gasteiger partial charge in [-0.05, 0) is 18.4 Å². The number of aliphatic hydroxyl groups excluding tert-OH is 7. The third-order valence-corrected chi connectivity index (χ3v) is 8.21. The molecule has 5 rings (SSSR count). The Morgan fingerprint density at radius 2 is 1.37 bits per heavy atom. The SMILES string of the molecule is OC[C@H]1O[C@@H](O[C@H]2[C@H](O)[C@@H](O)[C@H](O[C@H]3C[C@@H](c4ccccc4)O[C@H]4CCC[C@H]34)O[C@@H]2CO)[C@H](O)[C@@H](O)[C@H]1O. The molecule has 12 heteroatoms. The number of ether oxygens (including phenoxy) is 5. The Kier molecular flexibility index (Phi) is 8.99. The van der Waals surface area contributed by atoms with Crippen LogP contribution in [0.15, 0.2) is 30.3 Å². The summed E-state index contributed by atoms with van der Waals surface area (Å²) >= 11 is 0. The minimum absolute atomic E-state index is 0.000482. The van der Waals surface area contributed by atoms with Crippen molar-refractivity contribution in [1.82, 2.24) is 0 Å². The minimum Gasteiger partial charge on any atom is -0.394 e. The molecule has 0 aromatic heterocycles. The van der Waals surface area contributed by atoms with Crippen molar-refractivity contribution in [3.05, 3.63) is 35.9 Å². The van der Waals surface area contributed by atoms with Crippen molar-refractivity contribution in [3.63, 3.8) is 0 Å². The van der Waals surface area contributed by atoms with Crippen LogP contribution in [0.4, 0.5) is 0 Å². The van der Waals surface area contributed by atoms with Crippen molar-refractivity contribution in [2.24, 2.45) is 5.92 Å². The van der Waals surface area contributed by atoms with Crippen molar-refractivity contribution < 1.29 is 59.4 Å². The van der Waals surface area contributed by atoms with Gasteiger partial charge >= 0.3 is 0 Å². The van der Waals surface area contributed by atoms with Crippen LogP contribution in [-0.2, 0) is 23.7 Å². The van der Waals surface area contributed by atoms with E-state index in [-0.39, 0.29) is 24.2 Å². The number of hydrogen-bond donors (Lipinski definition) is 7. The van der Waals surface area contributed by atoms with Gasteiger partial charge in [0, 0.05) is 12.3 Å². The molecule has 1 saturated carbocycles. The van der Waals surface area contributed by atoms with E-state index in [0.29, 0.717) is 6.42 Å². The van der Waals surface area contributed by atoms with Gasteiger partial charge in [0.25, 0.3) is 0 Å². The zero-order valence-electron chi connectivity index (χ0n) is 20.9. The smallest absolute Gasteiger partial charge is 0.187 e. The van der Waals surface area contributed by atoms with Crippen LogP contribution in [0.25, 0.3) is 0 Å². The molecule has 3 heterocycles. The second-order valence-electron chi connectivity index (χ2n) is 10.6. The van der Waals surface area contributed by atoms with Crippen LogP contribution in [0.3, 0.4) is 0 Å². The van der Waals surface area contributed by atoms with Gasteiger partial charge in [0.2, 0.25) is 0 Å². The predicted octanol–water partition coefficient (Wildman–Crippen LogP) is -1.67. The van der Waals surface area contributed by atoms with E-state index < -0.39 is 74.6 Å². The molecule has 4 fully saturated rings. The molecule has 0 radical (unpaired) electrons. The summed E-state index contributed by atoms with van der Waals surface area (Å²) in [5.74, 6) is 0.0959. The first-order valence-electron chi connectivity index (χ1n) is 13.3. The fourth-order valence-electron chi connectivity index (χ4n) is 6.08. The van der Waals surface area contributed by atoms with Gasteiger partial charge in [-0.2, -0.15) is 0 Å². The Hall–Kier alpha value is -1.26. The van der Waals surface area contributed by atoms with Crippen molar-refractivity contribution in [2.45, 2.75) is 105 Å². The van der Waals surface area contributed by atoms with Gasteiger partial charge in [-0.15, -0.1) is 0 Å². The largest absolute Gasteiger partial charge is 0.394 e. The fourth-order valence-corrected chi connectivity index (χ4v) is 6.08. The molecule has 4 aliphatic rings. The summed E-state index contributed by atoms with van der Waals surface area (Å²) in [4.78, 5) is 0. The molecule has 3 saturated heterocycles. The van der Waals surface area contributed by atoms with Gasteiger partial charge in [-0.1, -0.05) is 36.8 Å². The highest BCUT2D eigenvalue weighted by Crippen LogP contribution is 2.45. The predicted molar refractivity (Wildman–Crippen MR) is 127 cm³/mol. The number of aliphatic hydroxyl groups is 7. The number of hydrogen-bond acceptors (Lipinski definition) is 12. The Labute approximate surface area is 220 Å². The Morgan fingerprint density at radius 1 is 0.711 bits per heavy atom. The zero-order chi connectivity index (χ0) is 27.0. The van der Waals surface area contributed by atoms with E-state index in [0.717, 1.165) is 24.8 Å². The highest BCUT2D eigenvalue weighted by molar-refractivity contribution is 5.19. The highest BCUT2D eigenvalue weighted by Gasteiger charge is 2.52. The second kappa shape index (κ2) is 12.1. The molecule has 0 spiro atoms. The number of rotatable bonds is 7. The standard InChI is InChI=1S/C26H38O12/c27-10-17-19(29)20(30)22(32)26(36-17)38-24-18(11-28)37-25(23(33)21(24)31)35-16-9-15(12-5-2-1-3-6-12)34-14-8-4-7-13(14)16/h1-3,5-6,13-33H,4,7-11H2/t13-,14-,15-,16-,17+,18+,19-,20-,21+,22+,23+,24+,25+,26-/m0/s1. The number of benzene rings is 1. The molecular formula is C26H38O12. The first kappa shape index (κ1) is 28.3. The van der Waals surface area contributed by atoms with E-state index in [1.54, 1.807) is 0 Å². The molecule has 1 aliphatic carbocycles. The molecule has 1 aromatic carbocycles. The molecule has 14 atom stereocenters. The molecule has 38 heavy (non-hydrogen) atoms. The quantitative estimate of drug-likeness (QED) is 0.208. The zero-order valence-corrected chi connectivity index (χ0v) is 20.9. The van der Waals surface area contributed by atoms with Gasteiger partial charge in [0.05, 0.1) is 31.5 Å². The average Bonchev–Trinajstić information content (AvgIpc) is 3.42. The van der Waals surface area contributed by atoms with E-state index in [9.17, 15) is 35.7 Å². The molecule has 1 aromatic rings. The molecule has 12 nitrogen and oxygen atoms in total. The lowest BCUT2D eigenvalue weighted by Crippen LogP contribution is -2.65. The van der Waals surface area contributed by atoms with Crippen LogP contribution in [0.2, 0.25) is 0 Å². The summed E-state index contributed by atoms with van der Waals surface area (Å²) in [5.41, 5.74) is 1.03. The van der Waals surface area contributed by atoms with Crippen LogP contribution in [0.1, 0.15) is 37.4 Å². The van der Waals surface area contributed by atoms with Crippen LogP contribution in [0.5, 0.6) is 0 Å². The first-order valence-corrected chi connectivity index (χ1v) is 13.3. The summed E-state index contributed by atoms with van der Waals surface area (Å²) in [6.45, 7) is -1.27. The summed E-state index contributed by atoms with van der Waals surface area (Å²) in [5, 5.41) is 71.7. The molecule has 0 bridgehead atoms. The van der Waals surface area contributed by atoms with E-state index in [4.69, 9.17) is 23.7 Å². The minimum atomic E-state index is -1.72. The lowest BCUT2D eigenvalue weighted by atomic mass is 9.88. The molecule has 7 N–H and O–H groups in total. The van der Waals surface area contributed by atoms with Crippen LogP contribution < -0.4 is 0 Å². The topological polar surface area (TPSA) is 188 Å². The number of fused-ring (bicyclic) bond motifs is 1. The molecule has 3 aliphatic heterocycles. The highest BCUT2D eigenvalue weighted by atomic mass is 16.7. The Morgan fingerprint density at radius 3 is 2.08 bits per heavy atom. The maximum absolute atomic E-state index is 10.9. The van der Waals surface area contributed by atoms with Crippen LogP contribution >= 0.6 is 0 Å². The molecule has 0 unspecified atom stereocenters. The van der Waals surface area contributed by atoms with E-state index in [2.05, 4.69) is 0 Å². The average molecular weight is 543 g/mol. The van der Waals surface area contributed by atoms with Crippen molar-refractivity contribution in [2.75, 3.05) is 13.2 Å². The summed E-state index contributed by atoms with van der Waals surface area (Å²) in [6.07, 6.45) is -12.0. The molecular weight excluding hydrogens is 504 g/mol. The van der Waals surface area contributed by atoms with E-state index in [1.807, 2.05) is 30.3 Å². The maximum atomic E-state index is 10.9. The van der Waals surface area contributed by atoms with Crippen LogP contribution in [-0.4, -0.2) is 123 Å². The summed E-state index contributed by atoms with van der Waals surface area (Å²) in [7, 11) is 0. The normalized spacial score (nSPS) is 47.6.